The van der Waals surface area contributed by atoms with Gasteiger partial charge in [-0.05, 0) is 44.9 Å². The Bertz CT molecular complexity index is 650. The van der Waals surface area contributed by atoms with Crippen LogP contribution < -0.4 is 5.32 Å². The van der Waals surface area contributed by atoms with E-state index < -0.39 is 24.2 Å². The number of aliphatic hydroxyl groups is 3. The van der Waals surface area contributed by atoms with Crippen LogP contribution >= 0.6 is 0 Å². The zero-order valence-electron chi connectivity index (χ0n) is 29.3. The van der Waals surface area contributed by atoms with Crippen molar-refractivity contribution >= 4 is 5.91 Å². The predicted octanol–water partition coefficient (Wildman–Crippen LogP) is 10.3. The van der Waals surface area contributed by atoms with Crippen LogP contribution in [-0.2, 0) is 4.79 Å². The molecular weight excluding hydrogens is 546 g/mol. The van der Waals surface area contributed by atoms with Crippen molar-refractivity contribution in [2.24, 2.45) is 0 Å². The summed E-state index contributed by atoms with van der Waals surface area (Å²) in [7, 11) is 0. The first-order valence-electron chi connectivity index (χ1n) is 19.2. The molecule has 5 heteroatoms. The summed E-state index contributed by atoms with van der Waals surface area (Å²) in [6.45, 7) is 4.15. The molecule has 0 saturated heterocycles. The van der Waals surface area contributed by atoms with Crippen molar-refractivity contribution in [3.8, 4) is 0 Å². The Balaban J connectivity index is 3.74. The van der Waals surface area contributed by atoms with E-state index in [0.29, 0.717) is 6.42 Å². The van der Waals surface area contributed by atoms with Crippen molar-refractivity contribution in [3.63, 3.8) is 0 Å². The van der Waals surface area contributed by atoms with Gasteiger partial charge in [-0.2, -0.15) is 0 Å². The predicted molar refractivity (Wildman–Crippen MR) is 190 cm³/mol. The fraction of sp³-hybridized carbons (Fsp3) is 0.872. The molecule has 0 radical (unpaired) electrons. The summed E-state index contributed by atoms with van der Waals surface area (Å²) in [5.74, 6) is -0.509. The zero-order valence-corrected chi connectivity index (χ0v) is 29.3. The highest BCUT2D eigenvalue weighted by atomic mass is 16.3. The van der Waals surface area contributed by atoms with Gasteiger partial charge in [0.1, 0.15) is 6.10 Å². The number of carbonyl (C=O) groups excluding carboxylic acids is 1. The molecule has 3 atom stereocenters. The summed E-state index contributed by atoms with van der Waals surface area (Å²) in [5, 5.41) is 33.0. The number of aliphatic hydroxyl groups excluding tert-OH is 3. The minimum Gasteiger partial charge on any atom is -0.394 e. The van der Waals surface area contributed by atoms with Gasteiger partial charge in [-0.25, -0.2) is 0 Å². The number of carbonyl (C=O) groups is 1. The molecule has 0 rings (SSSR count). The van der Waals surface area contributed by atoms with Crippen LogP contribution in [0, 0.1) is 0 Å². The average molecular weight is 622 g/mol. The van der Waals surface area contributed by atoms with Gasteiger partial charge in [-0.1, -0.05) is 173 Å². The molecule has 0 aliphatic heterocycles. The van der Waals surface area contributed by atoms with Crippen LogP contribution in [0.2, 0.25) is 0 Å². The molecule has 4 N–H and O–H groups in total. The molecule has 0 spiro atoms. The molecule has 44 heavy (non-hydrogen) atoms. The maximum absolute atomic E-state index is 12.4. The molecule has 3 unspecified atom stereocenters. The van der Waals surface area contributed by atoms with Gasteiger partial charge in [0.25, 0.3) is 0 Å². The van der Waals surface area contributed by atoms with Gasteiger partial charge in [0.2, 0.25) is 5.91 Å². The Morgan fingerprint density at radius 1 is 0.545 bits per heavy atom. The maximum Gasteiger partial charge on any atom is 0.249 e. The molecule has 0 aromatic rings. The van der Waals surface area contributed by atoms with E-state index in [-0.39, 0.29) is 6.61 Å². The largest absolute Gasteiger partial charge is 0.394 e. The third-order valence-corrected chi connectivity index (χ3v) is 8.79. The van der Waals surface area contributed by atoms with Crippen LogP contribution in [0.4, 0.5) is 0 Å². The topological polar surface area (TPSA) is 89.8 Å². The van der Waals surface area contributed by atoms with Crippen LogP contribution in [0.5, 0.6) is 0 Å². The van der Waals surface area contributed by atoms with Crippen molar-refractivity contribution < 1.29 is 20.1 Å². The van der Waals surface area contributed by atoms with Crippen molar-refractivity contribution in [2.45, 2.75) is 212 Å². The summed E-state index contributed by atoms with van der Waals surface area (Å²) in [4.78, 5) is 12.4. The fourth-order valence-electron chi connectivity index (χ4n) is 5.71. The summed E-state index contributed by atoms with van der Waals surface area (Å²) in [6.07, 6.45) is 40.5. The zero-order chi connectivity index (χ0) is 32.4. The molecule has 0 saturated carbocycles. The third kappa shape index (κ3) is 29.5. The third-order valence-electron chi connectivity index (χ3n) is 8.79. The van der Waals surface area contributed by atoms with E-state index in [4.69, 9.17) is 0 Å². The van der Waals surface area contributed by atoms with Crippen LogP contribution in [0.25, 0.3) is 0 Å². The van der Waals surface area contributed by atoms with Gasteiger partial charge in [0.05, 0.1) is 18.8 Å². The number of amides is 1. The van der Waals surface area contributed by atoms with Gasteiger partial charge >= 0.3 is 0 Å². The lowest BCUT2D eigenvalue weighted by Gasteiger charge is -2.21. The molecular formula is C39H75NO4. The Labute approximate surface area is 273 Å². The van der Waals surface area contributed by atoms with Gasteiger partial charge in [-0.3, -0.25) is 4.79 Å². The normalized spacial score (nSPS) is 14.0. The average Bonchev–Trinajstić information content (AvgIpc) is 3.03. The highest BCUT2D eigenvalue weighted by Crippen LogP contribution is 2.14. The van der Waals surface area contributed by atoms with Gasteiger partial charge in [-0.15, -0.1) is 0 Å². The molecule has 0 aromatic heterocycles. The molecule has 0 heterocycles. The van der Waals surface area contributed by atoms with Crippen LogP contribution in [-0.4, -0.2) is 46.1 Å². The lowest BCUT2D eigenvalue weighted by molar-refractivity contribution is -0.131. The Morgan fingerprint density at radius 2 is 0.909 bits per heavy atom. The summed E-state index contributed by atoms with van der Waals surface area (Å²) in [6, 6.07) is -0.796. The SMILES string of the molecule is CCCCCC/C=C\CCCCCCCCC(O)C(=O)NC(CO)C(O)/C=C/CCCCCCCCCCCCCCCC. The van der Waals surface area contributed by atoms with E-state index in [9.17, 15) is 20.1 Å². The summed E-state index contributed by atoms with van der Waals surface area (Å²) in [5.41, 5.74) is 0. The number of hydrogen-bond acceptors (Lipinski definition) is 4. The first kappa shape index (κ1) is 42.8. The Hall–Kier alpha value is -1.17. The van der Waals surface area contributed by atoms with Crippen molar-refractivity contribution in [1.29, 1.82) is 0 Å². The highest BCUT2D eigenvalue weighted by Gasteiger charge is 2.22. The Morgan fingerprint density at radius 3 is 1.34 bits per heavy atom. The van der Waals surface area contributed by atoms with Crippen molar-refractivity contribution in [3.05, 3.63) is 24.3 Å². The second kappa shape index (κ2) is 34.7. The minimum absolute atomic E-state index is 0.364. The van der Waals surface area contributed by atoms with E-state index >= 15 is 0 Å². The molecule has 0 bridgehead atoms. The maximum atomic E-state index is 12.4. The standard InChI is InChI=1S/C39H75NO4/c1-3-5-7-9-11-13-15-17-19-20-22-23-25-27-29-31-33-37(42)36(35-41)40-39(44)38(43)34-32-30-28-26-24-21-18-16-14-12-10-8-6-4-2/h14,16,31,33,36-38,41-43H,3-13,15,17-30,32,34-35H2,1-2H3,(H,40,44)/b16-14-,33-31+. The minimum atomic E-state index is -1.10. The molecule has 260 valence electrons. The smallest absolute Gasteiger partial charge is 0.249 e. The number of allylic oxidation sites excluding steroid dienone is 3. The van der Waals surface area contributed by atoms with Gasteiger partial charge in [0.15, 0.2) is 0 Å². The van der Waals surface area contributed by atoms with Gasteiger partial charge < -0.3 is 20.6 Å². The van der Waals surface area contributed by atoms with E-state index in [1.54, 1.807) is 6.08 Å². The lowest BCUT2D eigenvalue weighted by Crippen LogP contribution is -2.48. The van der Waals surface area contributed by atoms with E-state index in [0.717, 1.165) is 32.1 Å². The number of nitrogens with one attached hydrogen (secondary N) is 1. The van der Waals surface area contributed by atoms with E-state index in [2.05, 4.69) is 31.3 Å². The highest BCUT2D eigenvalue weighted by molar-refractivity contribution is 5.80. The van der Waals surface area contributed by atoms with Crippen molar-refractivity contribution in [2.75, 3.05) is 6.61 Å². The molecule has 5 nitrogen and oxygen atoms in total. The quantitative estimate of drug-likeness (QED) is 0.0425. The fourth-order valence-corrected chi connectivity index (χ4v) is 5.71. The van der Waals surface area contributed by atoms with Crippen molar-refractivity contribution in [1.82, 2.24) is 5.32 Å². The molecule has 0 fully saturated rings. The van der Waals surface area contributed by atoms with Crippen LogP contribution in [0.15, 0.2) is 24.3 Å². The Kier molecular flexibility index (Phi) is 33.8. The summed E-state index contributed by atoms with van der Waals surface area (Å²) >= 11 is 0. The molecule has 0 aliphatic carbocycles. The number of hydrogen-bond donors (Lipinski definition) is 4. The monoisotopic (exact) mass is 622 g/mol. The molecule has 1 amide bonds. The lowest BCUT2D eigenvalue weighted by atomic mass is 10.0. The second-order valence-corrected chi connectivity index (χ2v) is 13.1. The second-order valence-electron chi connectivity index (χ2n) is 13.1. The number of unbranched alkanes of at least 4 members (excludes halogenated alkanes) is 24. The molecule has 0 aliphatic rings. The summed E-state index contributed by atoms with van der Waals surface area (Å²) < 4.78 is 0. The van der Waals surface area contributed by atoms with Crippen LogP contribution in [0.3, 0.4) is 0 Å². The van der Waals surface area contributed by atoms with E-state index in [1.165, 1.54) is 141 Å². The van der Waals surface area contributed by atoms with Gasteiger partial charge in [0, 0.05) is 0 Å². The molecule has 0 aromatic carbocycles. The number of rotatable bonds is 34. The first-order chi connectivity index (χ1) is 21.6. The van der Waals surface area contributed by atoms with E-state index in [1.807, 2.05) is 6.08 Å². The van der Waals surface area contributed by atoms with Crippen LogP contribution in [0.1, 0.15) is 194 Å². The first-order valence-corrected chi connectivity index (χ1v) is 19.2.